The zero-order valence-electron chi connectivity index (χ0n) is 14.6. The first kappa shape index (κ1) is 19.1. The predicted octanol–water partition coefficient (Wildman–Crippen LogP) is 2.94. The first-order valence-electron chi connectivity index (χ1n) is 8.19. The SMILES string of the molecule is NNC(=O)c1cccc(NC(=S)Nc2ccc(NC(=O)c3ccco3)cc2)c1. The lowest BCUT2D eigenvalue weighted by molar-refractivity contribution is 0.0952. The lowest BCUT2D eigenvalue weighted by Gasteiger charge is -2.12. The van der Waals surface area contributed by atoms with Gasteiger partial charge in [-0.2, -0.15) is 0 Å². The molecule has 3 aromatic rings. The highest BCUT2D eigenvalue weighted by Crippen LogP contribution is 2.16. The third-order valence-corrected chi connectivity index (χ3v) is 3.86. The molecule has 0 atom stereocenters. The summed E-state index contributed by atoms with van der Waals surface area (Å²) in [6.45, 7) is 0. The van der Waals surface area contributed by atoms with E-state index in [2.05, 4.69) is 21.4 Å². The van der Waals surface area contributed by atoms with Crippen molar-refractivity contribution in [3.8, 4) is 0 Å². The summed E-state index contributed by atoms with van der Waals surface area (Å²) in [6, 6.07) is 17.0. The maximum atomic E-state index is 12.0. The molecule has 3 rings (SSSR count). The molecule has 0 saturated carbocycles. The zero-order chi connectivity index (χ0) is 19.9. The number of furan rings is 1. The molecule has 0 bridgehead atoms. The van der Waals surface area contributed by atoms with Crippen molar-refractivity contribution in [2.75, 3.05) is 16.0 Å². The summed E-state index contributed by atoms with van der Waals surface area (Å²) in [6.07, 6.45) is 1.44. The molecule has 1 heterocycles. The average Bonchev–Trinajstić information content (AvgIpc) is 3.24. The minimum absolute atomic E-state index is 0.234. The number of rotatable bonds is 5. The van der Waals surface area contributed by atoms with E-state index >= 15 is 0 Å². The number of benzene rings is 2. The fourth-order valence-electron chi connectivity index (χ4n) is 2.35. The van der Waals surface area contributed by atoms with Gasteiger partial charge in [0.15, 0.2) is 10.9 Å². The van der Waals surface area contributed by atoms with E-state index in [-0.39, 0.29) is 11.7 Å². The number of anilines is 3. The Morgan fingerprint density at radius 3 is 2.14 bits per heavy atom. The Morgan fingerprint density at radius 2 is 1.50 bits per heavy atom. The molecular formula is C19H17N5O3S. The third kappa shape index (κ3) is 4.93. The second-order valence-electron chi connectivity index (χ2n) is 5.64. The standard InChI is InChI=1S/C19H17N5O3S/c20-24-17(25)12-3-1-4-15(11-12)23-19(28)22-14-8-6-13(7-9-14)21-18(26)16-5-2-10-27-16/h1-11H,20H2,(H,21,26)(H,24,25)(H2,22,23,28). The molecule has 6 N–H and O–H groups in total. The van der Waals surface area contributed by atoms with Gasteiger partial charge in [-0.05, 0) is 66.8 Å². The number of hydrazine groups is 1. The van der Waals surface area contributed by atoms with Crippen LogP contribution in [0.3, 0.4) is 0 Å². The van der Waals surface area contributed by atoms with Crippen LogP contribution in [0.1, 0.15) is 20.9 Å². The molecule has 0 aliphatic rings. The Balaban J connectivity index is 1.57. The Labute approximate surface area is 166 Å². The fourth-order valence-corrected chi connectivity index (χ4v) is 2.59. The second-order valence-corrected chi connectivity index (χ2v) is 6.05. The summed E-state index contributed by atoms with van der Waals surface area (Å²) >= 11 is 5.28. The highest BCUT2D eigenvalue weighted by atomic mass is 32.1. The van der Waals surface area contributed by atoms with Gasteiger partial charge in [0.05, 0.1) is 6.26 Å². The van der Waals surface area contributed by atoms with Gasteiger partial charge in [0.2, 0.25) is 0 Å². The smallest absolute Gasteiger partial charge is 0.291 e. The maximum Gasteiger partial charge on any atom is 0.291 e. The lowest BCUT2D eigenvalue weighted by atomic mass is 10.2. The molecule has 142 valence electrons. The van der Waals surface area contributed by atoms with Crippen LogP contribution in [0.5, 0.6) is 0 Å². The summed E-state index contributed by atoms with van der Waals surface area (Å²) in [4.78, 5) is 23.5. The molecule has 2 amide bonds. The van der Waals surface area contributed by atoms with E-state index in [1.165, 1.54) is 6.26 Å². The van der Waals surface area contributed by atoms with Crippen LogP contribution in [0.4, 0.5) is 17.1 Å². The number of hydrogen-bond donors (Lipinski definition) is 5. The van der Waals surface area contributed by atoms with Crippen LogP contribution in [0, 0.1) is 0 Å². The molecule has 8 nitrogen and oxygen atoms in total. The van der Waals surface area contributed by atoms with E-state index in [0.29, 0.717) is 22.1 Å². The maximum absolute atomic E-state index is 12.0. The van der Waals surface area contributed by atoms with Crippen molar-refractivity contribution in [3.63, 3.8) is 0 Å². The van der Waals surface area contributed by atoms with Crippen LogP contribution >= 0.6 is 12.2 Å². The molecule has 1 aromatic heterocycles. The van der Waals surface area contributed by atoms with Crippen LogP contribution in [0.15, 0.2) is 71.3 Å². The zero-order valence-corrected chi connectivity index (χ0v) is 15.4. The highest BCUT2D eigenvalue weighted by Gasteiger charge is 2.09. The molecule has 0 saturated heterocycles. The summed E-state index contributed by atoms with van der Waals surface area (Å²) in [5.41, 5.74) is 4.47. The highest BCUT2D eigenvalue weighted by molar-refractivity contribution is 7.80. The van der Waals surface area contributed by atoms with Crippen LogP contribution in [0.2, 0.25) is 0 Å². The summed E-state index contributed by atoms with van der Waals surface area (Å²) in [5, 5.41) is 9.09. The van der Waals surface area contributed by atoms with Crippen LogP contribution in [-0.2, 0) is 0 Å². The Hall–Kier alpha value is -3.69. The van der Waals surface area contributed by atoms with Gasteiger partial charge in [0.1, 0.15) is 0 Å². The number of nitrogen functional groups attached to an aromatic ring is 1. The van der Waals surface area contributed by atoms with Gasteiger partial charge in [-0.25, -0.2) is 5.84 Å². The molecule has 0 aliphatic carbocycles. The van der Waals surface area contributed by atoms with E-state index in [0.717, 1.165) is 5.69 Å². The van der Waals surface area contributed by atoms with Gasteiger partial charge < -0.3 is 20.4 Å². The van der Waals surface area contributed by atoms with Crippen LogP contribution in [0.25, 0.3) is 0 Å². The van der Waals surface area contributed by atoms with E-state index < -0.39 is 5.91 Å². The Kier molecular flexibility index (Phi) is 6.00. The van der Waals surface area contributed by atoms with Gasteiger partial charge in [-0.3, -0.25) is 15.0 Å². The number of hydrogen-bond acceptors (Lipinski definition) is 5. The molecule has 9 heteroatoms. The van der Waals surface area contributed by atoms with E-state index in [1.54, 1.807) is 60.7 Å². The van der Waals surface area contributed by atoms with Crippen molar-refractivity contribution < 1.29 is 14.0 Å². The molecule has 0 fully saturated rings. The normalized spacial score (nSPS) is 10.0. The number of thiocarbonyl (C=S) groups is 1. The molecule has 0 unspecified atom stereocenters. The quantitative estimate of drug-likeness (QED) is 0.195. The van der Waals surface area contributed by atoms with Crippen molar-refractivity contribution in [2.45, 2.75) is 0 Å². The largest absolute Gasteiger partial charge is 0.459 e. The van der Waals surface area contributed by atoms with Gasteiger partial charge >= 0.3 is 0 Å². The van der Waals surface area contributed by atoms with Gasteiger partial charge in [0, 0.05) is 22.6 Å². The summed E-state index contributed by atoms with van der Waals surface area (Å²) in [7, 11) is 0. The van der Waals surface area contributed by atoms with Crippen molar-refractivity contribution >= 4 is 46.2 Å². The van der Waals surface area contributed by atoms with Crippen molar-refractivity contribution in [2.24, 2.45) is 5.84 Å². The number of amides is 2. The fraction of sp³-hybridized carbons (Fsp3) is 0. The second kappa shape index (κ2) is 8.80. The number of carbonyl (C=O) groups is 2. The molecule has 2 aromatic carbocycles. The molecule has 0 spiro atoms. The molecular weight excluding hydrogens is 378 g/mol. The van der Waals surface area contributed by atoms with Crippen molar-refractivity contribution in [1.82, 2.24) is 5.43 Å². The van der Waals surface area contributed by atoms with Gasteiger partial charge in [-0.1, -0.05) is 6.07 Å². The monoisotopic (exact) mass is 395 g/mol. The van der Waals surface area contributed by atoms with E-state index in [4.69, 9.17) is 22.5 Å². The average molecular weight is 395 g/mol. The van der Waals surface area contributed by atoms with Crippen LogP contribution < -0.4 is 27.2 Å². The molecule has 28 heavy (non-hydrogen) atoms. The summed E-state index contributed by atoms with van der Waals surface area (Å²) < 4.78 is 5.05. The minimum atomic E-state index is -0.394. The predicted molar refractivity (Wildman–Crippen MR) is 111 cm³/mol. The lowest BCUT2D eigenvalue weighted by Crippen LogP contribution is -2.30. The van der Waals surface area contributed by atoms with E-state index in [1.807, 2.05) is 0 Å². The Morgan fingerprint density at radius 1 is 0.821 bits per heavy atom. The molecule has 0 aliphatic heterocycles. The van der Waals surface area contributed by atoms with Gasteiger partial charge in [0.25, 0.3) is 11.8 Å². The van der Waals surface area contributed by atoms with Crippen molar-refractivity contribution in [3.05, 3.63) is 78.3 Å². The first-order valence-corrected chi connectivity index (χ1v) is 8.60. The Bertz CT molecular complexity index is 987. The number of nitrogens with one attached hydrogen (secondary N) is 4. The molecule has 0 radical (unpaired) electrons. The first-order chi connectivity index (χ1) is 13.5. The minimum Gasteiger partial charge on any atom is -0.459 e. The van der Waals surface area contributed by atoms with E-state index in [9.17, 15) is 9.59 Å². The number of carbonyl (C=O) groups excluding carboxylic acids is 2. The third-order valence-electron chi connectivity index (χ3n) is 3.66. The summed E-state index contributed by atoms with van der Waals surface area (Å²) in [5.74, 6) is 4.65. The van der Waals surface area contributed by atoms with Crippen LogP contribution in [-0.4, -0.2) is 16.9 Å². The number of nitrogens with two attached hydrogens (primary N) is 1. The topological polar surface area (TPSA) is 121 Å². The van der Waals surface area contributed by atoms with Gasteiger partial charge in [-0.15, -0.1) is 0 Å². The van der Waals surface area contributed by atoms with Crippen molar-refractivity contribution in [1.29, 1.82) is 0 Å².